The summed E-state index contributed by atoms with van der Waals surface area (Å²) < 4.78 is 34.9. The van der Waals surface area contributed by atoms with E-state index in [9.17, 15) is 24.8 Å². The predicted octanol–water partition coefficient (Wildman–Crippen LogP) is 8.19. The molecule has 11 unspecified atom stereocenters. The molecule has 3 saturated carbocycles. The van der Waals surface area contributed by atoms with Crippen LogP contribution in [0.5, 0.6) is 0 Å². The minimum atomic E-state index is -0.943. The molecule has 0 radical (unpaired) electrons. The van der Waals surface area contributed by atoms with Crippen molar-refractivity contribution in [1.29, 1.82) is 0 Å². The molecule has 0 aromatic rings. The lowest BCUT2D eigenvalue weighted by Crippen LogP contribution is -2.50. The molecule has 1 aliphatic heterocycles. The molecule has 4 N–H and O–H groups in total. The highest BCUT2D eigenvalue weighted by atomic mass is 19.1. The number of halogens is 1. The normalized spacial score (nSPS) is 41.6. The number of allylic oxidation sites excluding steroid dienone is 4. The van der Waals surface area contributed by atoms with Crippen LogP contribution in [0.15, 0.2) is 23.7 Å². The maximum absolute atomic E-state index is 14.1. The molecule has 0 saturated heterocycles. The summed E-state index contributed by atoms with van der Waals surface area (Å²) in [4.78, 5) is 0. The van der Waals surface area contributed by atoms with E-state index in [4.69, 9.17) is 14.2 Å². The molecule has 5 rings (SSSR count). The Balaban J connectivity index is 1.46. The Labute approximate surface area is 296 Å². The molecule has 4 aliphatic carbocycles. The molecule has 7 nitrogen and oxygen atoms in total. The molecule has 0 bridgehead atoms. The predicted molar refractivity (Wildman–Crippen MR) is 190 cm³/mol. The monoisotopic (exact) mass is 693 g/mol. The molecule has 0 spiro atoms. The topological polar surface area (TPSA) is 109 Å². The van der Waals surface area contributed by atoms with E-state index in [1.54, 1.807) is 6.08 Å². The van der Waals surface area contributed by atoms with Gasteiger partial charge in [-0.3, -0.25) is 0 Å². The Morgan fingerprint density at radius 1 is 0.816 bits per heavy atom. The van der Waals surface area contributed by atoms with Crippen LogP contribution in [0.3, 0.4) is 0 Å². The first-order chi connectivity index (χ1) is 23.1. The number of ether oxygens (including phenoxy) is 3. The van der Waals surface area contributed by atoms with Gasteiger partial charge in [0, 0.05) is 23.7 Å². The second-order valence-electron chi connectivity index (χ2n) is 18.1. The van der Waals surface area contributed by atoms with Crippen molar-refractivity contribution in [3.63, 3.8) is 0 Å². The SMILES string of the molecule is CCC1C=C(C2CC=C(F)CC2)OC2C(OC(O)C3CCC(C(C)O)CC3)CC(C)(C(C)(C)C)CC(OC(O)C3CCC(C(C)O)CC3)C12. The van der Waals surface area contributed by atoms with Gasteiger partial charge < -0.3 is 34.6 Å². The Bertz CT molecular complexity index is 1120. The fourth-order valence-electron chi connectivity index (χ4n) is 9.84. The fraction of sp³-hybridized carbons (Fsp3) is 0.902. The zero-order chi connectivity index (χ0) is 35.7. The summed E-state index contributed by atoms with van der Waals surface area (Å²) in [5.41, 5.74) is -0.389. The molecular weight excluding hydrogens is 623 g/mol. The lowest BCUT2D eigenvalue weighted by atomic mass is 9.63. The second kappa shape index (κ2) is 16.3. The molecule has 0 aromatic heterocycles. The summed E-state index contributed by atoms with van der Waals surface area (Å²) >= 11 is 0. The Kier molecular flexibility index (Phi) is 13.1. The van der Waals surface area contributed by atoms with Gasteiger partial charge in [-0.05, 0) is 138 Å². The number of aliphatic hydroxyl groups excluding tert-OH is 4. The molecule has 282 valence electrons. The van der Waals surface area contributed by atoms with Crippen LogP contribution < -0.4 is 0 Å². The van der Waals surface area contributed by atoms with Crippen molar-refractivity contribution >= 4 is 0 Å². The molecule has 1 heterocycles. The van der Waals surface area contributed by atoms with Crippen molar-refractivity contribution in [3.8, 4) is 0 Å². The van der Waals surface area contributed by atoms with Gasteiger partial charge in [0.15, 0.2) is 12.6 Å². The smallest absolute Gasteiger partial charge is 0.157 e. The summed E-state index contributed by atoms with van der Waals surface area (Å²) in [7, 11) is 0. The molecule has 5 aliphatic rings. The number of fused-ring (bicyclic) bond motifs is 1. The van der Waals surface area contributed by atoms with Crippen LogP contribution in [0.4, 0.5) is 4.39 Å². The highest BCUT2D eigenvalue weighted by Crippen LogP contribution is 2.55. The van der Waals surface area contributed by atoms with Gasteiger partial charge in [-0.2, -0.15) is 0 Å². The first-order valence-corrected chi connectivity index (χ1v) is 19.9. The zero-order valence-electron chi connectivity index (χ0n) is 31.5. The van der Waals surface area contributed by atoms with Crippen LogP contribution in [0, 0.1) is 52.3 Å². The Morgan fingerprint density at radius 3 is 1.76 bits per heavy atom. The quantitative estimate of drug-likeness (QED) is 0.171. The maximum Gasteiger partial charge on any atom is 0.157 e. The van der Waals surface area contributed by atoms with Crippen molar-refractivity contribution in [2.24, 2.45) is 52.3 Å². The number of rotatable bonds is 10. The largest absolute Gasteiger partial charge is 0.492 e. The van der Waals surface area contributed by atoms with Gasteiger partial charge in [-0.1, -0.05) is 40.7 Å². The van der Waals surface area contributed by atoms with Crippen molar-refractivity contribution < 1.29 is 39.0 Å². The van der Waals surface area contributed by atoms with Crippen LogP contribution in [0.25, 0.3) is 0 Å². The Hall–Kier alpha value is -1.03. The third kappa shape index (κ3) is 9.14. The molecule has 8 heteroatoms. The van der Waals surface area contributed by atoms with Gasteiger partial charge >= 0.3 is 0 Å². The molecular formula is C41H69FO7. The molecule has 0 aromatic carbocycles. The number of hydrogen-bond donors (Lipinski definition) is 4. The van der Waals surface area contributed by atoms with Crippen LogP contribution in [-0.2, 0) is 14.2 Å². The van der Waals surface area contributed by atoms with E-state index in [0.717, 1.165) is 70.0 Å². The van der Waals surface area contributed by atoms with E-state index in [2.05, 4.69) is 40.7 Å². The summed E-state index contributed by atoms with van der Waals surface area (Å²) in [6.45, 7) is 15.0. The van der Waals surface area contributed by atoms with Crippen LogP contribution in [0.2, 0.25) is 0 Å². The van der Waals surface area contributed by atoms with E-state index < -0.39 is 24.8 Å². The zero-order valence-corrected chi connectivity index (χ0v) is 31.5. The highest BCUT2D eigenvalue weighted by molar-refractivity contribution is 5.16. The van der Waals surface area contributed by atoms with Gasteiger partial charge in [-0.25, -0.2) is 4.39 Å². The average molecular weight is 693 g/mol. The molecule has 3 fully saturated rings. The molecule has 0 amide bonds. The summed E-state index contributed by atoms with van der Waals surface area (Å²) in [6.07, 6.45) is 11.1. The third-order valence-electron chi connectivity index (χ3n) is 14.1. The first kappa shape index (κ1) is 39.2. The van der Waals surface area contributed by atoms with E-state index >= 15 is 0 Å². The molecule has 49 heavy (non-hydrogen) atoms. The van der Waals surface area contributed by atoms with Crippen LogP contribution >= 0.6 is 0 Å². The second-order valence-corrected chi connectivity index (χ2v) is 18.1. The van der Waals surface area contributed by atoms with Gasteiger partial charge in [0.05, 0.1) is 36.0 Å². The van der Waals surface area contributed by atoms with Gasteiger partial charge in [0.25, 0.3) is 0 Å². The van der Waals surface area contributed by atoms with E-state index in [-0.39, 0.29) is 76.4 Å². The van der Waals surface area contributed by atoms with Crippen molar-refractivity contribution in [2.75, 3.05) is 0 Å². The van der Waals surface area contributed by atoms with E-state index in [0.29, 0.717) is 25.7 Å². The number of hydrogen-bond acceptors (Lipinski definition) is 7. The highest BCUT2D eigenvalue weighted by Gasteiger charge is 2.55. The van der Waals surface area contributed by atoms with Gasteiger partial charge in [0.1, 0.15) is 6.10 Å². The standard InChI is InChI=1S/C41H69FO7/c1-8-26-21-33(29-17-19-32(42)20-18-29)47-37-35(49-39(46)31-15-11-28(12-16-31)25(3)44)23-41(7,40(4,5)6)22-34(36(26)37)48-38(45)30-13-9-27(10-14-30)24(2)43/h19,21,24-31,34-39,43-46H,8-18,20,22-23H2,1-7H3. The third-order valence-corrected chi connectivity index (χ3v) is 14.1. The fourth-order valence-corrected chi connectivity index (χ4v) is 9.84. The lowest BCUT2D eigenvalue weighted by molar-refractivity contribution is -0.230. The van der Waals surface area contributed by atoms with Crippen LogP contribution in [0.1, 0.15) is 138 Å². The van der Waals surface area contributed by atoms with Gasteiger partial charge in [0.2, 0.25) is 0 Å². The lowest BCUT2D eigenvalue weighted by Gasteiger charge is -2.45. The number of aliphatic hydroxyl groups is 4. The van der Waals surface area contributed by atoms with E-state index in [1.165, 1.54) is 0 Å². The summed E-state index contributed by atoms with van der Waals surface area (Å²) in [5, 5.41) is 43.8. The maximum atomic E-state index is 14.1. The summed E-state index contributed by atoms with van der Waals surface area (Å²) in [6, 6.07) is 0. The van der Waals surface area contributed by atoms with Crippen molar-refractivity contribution in [3.05, 3.63) is 23.7 Å². The van der Waals surface area contributed by atoms with Crippen molar-refractivity contribution in [2.45, 2.75) is 181 Å². The van der Waals surface area contributed by atoms with Crippen LogP contribution in [-0.4, -0.2) is 63.5 Å². The average Bonchev–Trinajstić information content (AvgIpc) is 3.18. The molecule has 11 atom stereocenters. The first-order valence-electron chi connectivity index (χ1n) is 19.9. The minimum Gasteiger partial charge on any atom is -0.492 e. The van der Waals surface area contributed by atoms with Gasteiger partial charge in [-0.15, -0.1) is 0 Å². The van der Waals surface area contributed by atoms with Crippen molar-refractivity contribution in [1.82, 2.24) is 0 Å². The summed E-state index contributed by atoms with van der Waals surface area (Å²) in [5.74, 6) is 1.51. The Morgan fingerprint density at radius 2 is 1.31 bits per heavy atom. The minimum absolute atomic E-state index is 0.00439. The van der Waals surface area contributed by atoms with E-state index in [1.807, 2.05) is 13.8 Å².